The zero-order valence-electron chi connectivity index (χ0n) is 14.3. The second-order valence-corrected chi connectivity index (χ2v) is 5.49. The number of benzene rings is 2. The molecule has 0 aliphatic carbocycles. The second-order valence-electron chi connectivity index (χ2n) is 5.49. The number of hydrogen-bond donors (Lipinski definition) is 2. The van der Waals surface area contributed by atoms with Gasteiger partial charge in [0, 0.05) is 18.3 Å². The van der Waals surface area contributed by atoms with Crippen LogP contribution in [0.3, 0.4) is 0 Å². The van der Waals surface area contributed by atoms with Crippen molar-refractivity contribution < 1.29 is 19.1 Å². The summed E-state index contributed by atoms with van der Waals surface area (Å²) < 4.78 is 5.13. The molecule has 132 valence electrons. The molecule has 26 heavy (non-hydrogen) atoms. The first-order chi connectivity index (χ1) is 12.4. The van der Waals surface area contributed by atoms with Crippen LogP contribution in [0.4, 0.5) is 11.4 Å². The summed E-state index contributed by atoms with van der Waals surface area (Å²) in [7, 11) is 0. The van der Waals surface area contributed by atoms with Gasteiger partial charge in [-0.2, -0.15) is 5.26 Å². The molecule has 0 saturated heterocycles. The molecule has 0 heterocycles. The highest BCUT2D eigenvalue weighted by Gasteiger charge is 2.19. The van der Waals surface area contributed by atoms with Crippen LogP contribution < -0.4 is 10.6 Å². The zero-order valence-corrected chi connectivity index (χ0v) is 14.3. The van der Waals surface area contributed by atoms with Crippen molar-refractivity contribution in [1.29, 1.82) is 5.26 Å². The number of carbonyl (C=O) groups excluding carboxylic acids is 3. The van der Waals surface area contributed by atoms with Crippen LogP contribution in [0.1, 0.15) is 29.8 Å². The SMILES string of the molecule is CC(=O)Nc1ccc(NC(=O)[C@H](C)OC(=O)c2cccc(C#N)c2)cc1. The summed E-state index contributed by atoms with van der Waals surface area (Å²) >= 11 is 0. The normalized spacial score (nSPS) is 11.0. The number of esters is 1. The van der Waals surface area contributed by atoms with Crippen molar-refractivity contribution in [3.8, 4) is 6.07 Å². The Morgan fingerprint density at radius 1 is 1.04 bits per heavy atom. The van der Waals surface area contributed by atoms with E-state index in [1.807, 2.05) is 6.07 Å². The van der Waals surface area contributed by atoms with E-state index in [9.17, 15) is 14.4 Å². The Morgan fingerprint density at radius 2 is 1.65 bits per heavy atom. The Morgan fingerprint density at radius 3 is 2.23 bits per heavy atom. The van der Waals surface area contributed by atoms with Crippen molar-refractivity contribution in [3.63, 3.8) is 0 Å². The third kappa shape index (κ3) is 5.18. The van der Waals surface area contributed by atoms with E-state index in [2.05, 4.69) is 10.6 Å². The summed E-state index contributed by atoms with van der Waals surface area (Å²) in [5.74, 6) is -1.38. The lowest BCUT2D eigenvalue weighted by Crippen LogP contribution is -2.30. The third-order valence-corrected chi connectivity index (χ3v) is 3.35. The molecule has 0 spiro atoms. The van der Waals surface area contributed by atoms with Crippen LogP contribution in [0, 0.1) is 11.3 Å². The first-order valence-electron chi connectivity index (χ1n) is 7.78. The molecule has 0 saturated carbocycles. The highest BCUT2D eigenvalue weighted by atomic mass is 16.5. The van der Waals surface area contributed by atoms with Crippen molar-refractivity contribution in [2.45, 2.75) is 20.0 Å². The van der Waals surface area contributed by atoms with Crippen molar-refractivity contribution >= 4 is 29.2 Å². The summed E-state index contributed by atoms with van der Waals surface area (Å²) in [5.41, 5.74) is 1.63. The molecule has 2 aromatic rings. The summed E-state index contributed by atoms with van der Waals surface area (Å²) in [4.78, 5) is 35.2. The molecule has 7 heteroatoms. The number of rotatable bonds is 5. The van der Waals surface area contributed by atoms with E-state index < -0.39 is 18.0 Å². The molecule has 0 fully saturated rings. The van der Waals surface area contributed by atoms with E-state index in [0.29, 0.717) is 16.9 Å². The topological polar surface area (TPSA) is 108 Å². The van der Waals surface area contributed by atoms with Crippen LogP contribution in [0.25, 0.3) is 0 Å². The minimum absolute atomic E-state index is 0.192. The predicted molar refractivity (Wildman–Crippen MR) is 95.4 cm³/mol. The molecule has 0 bridgehead atoms. The summed E-state index contributed by atoms with van der Waals surface area (Å²) in [6.07, 6.45) is -1.02. The first-order valence-corrected chi connectivity index (χ1v) is 7.78. The summed E-state index contributed by atoms with van der Waals surface area (Å²) in [5, 5.41) is 14.1. The molecule has 0 aliphatic heterocycles. The Bertz CT molecular complexity index is 869. The number of ether oxygens (including phenoxy) is 1. The molecular weight excluding hydrogens is 334 g/mol. The van der Waals surface area contributed by atoms with Gasteiger partial charge in [-0.3, -0.25) is 9.59 Å². The molecule has 2 aromatic carbocycles. The van der Waals surface area contributed by atoms with Gasteiger partial charge in [-0.15, -0.1) is 0 Å². The van der Waals surface area contributed by atoms with Gasteiger partial charge in [0.05, 0.1) is 17.2 Å². The Hall–Kier alpha value is -3.66. The predicted octanol–water partition coefficient (Wildman–Crippen LogP) is 2.70. The van der Waals surface area contributed by atoms with Crippen LogP contribution >= 0.6 is 0 Å². The van der Waals surface area contributed by atoms with Gasteiger partial charge in [-0.05, 0) is 49.4 Å². The van der Waals surface area contributed by atoms with E-state index >= 15 is 0 Å². The molecule has 2 amide bonds. The smallest absolute Gasteiger partial charge is 0.338 e. The molecule has 1 atom stereocenters. The van der Waals surface area contributed by atoms with Gasteiger partial charge in [0.15, 0.2) is 6.10 Å². The molecule has 2 N–H and O–H groups in total. The Kier molecular flexibility index (Phi) is 6.06. The number of nitriles is 1. The van der Waals surface area contributed by atoms with Crippen molar-refractivity contribution in [2.24, 2.45) is 0 Å². The third-order valence-electron chi connectivity index (χ3n) is 3.35. The highest BCUT2D eigenvalue weighted by molar-refractivity contribution is 5.97. The van der Waals surface area contributed by atoms with Crippen LogP contribution in [-0.4, -0.2) is 23.9 Å². The lowest BCUT2D eigenvalue weighted by Gasteiger charge is -2.14. The summed E-state index contributed by atoms with van der Waals surface area (Å²) in [6, 6.07) is 14.5. The first kappa shape index (κ1) is 18.7. The lowest BCUT2D eigenvalue weighted by atomic mass is 10.1. The van der Waals surface area contributed by atoms with Gasteiger partial charge in [-0.25, -0.2) is 4.79 Å². The largest absolute Gasteiger partial charge is 0.449 e. The van der Waals surface area contributed by atoms with E-state index in [1.54, 1.807) is 36.4 Å². The molecule has 0 aliphatic rings. The molecular formula is C19H17N3O4. The van der Waals surface area contributed by atoms with Gasteiger partial charge < -0.3 is 15.4 Å². The van der Waals surface area contributed by atoms with Gasteiger partial charge in [0.25, 0.3) is 5.91 Å². The zero-order chi connectivity index (χ0) is 19.1. The fraction of sp³-hybridized carbons (Fsp3) is 0.158. The Labute approximate surface area is 150 Å². The molecule has 0 aromatic heterocycles. The Balaban J connectivity index is 1.95. The van der Waals surface area contributed by atoms with Crippen LogP contribution in [-0.2, 0) is 14.3 Å². The number of amides is 2. The van der Waals surface area contributed by atoms with Crippen molar-refractivity contribution in [2.75, 3.05) is 10.6 Å². The average Bonchev–Trinajstić information content (AvgIpc) is 2.62. The maximum atomic E-state index is 12.2. The molecule has 0 radical (unpaired) electrons. The van der Waals surface area contributed by atoms with Crippen molar-refractivity contribution in [1.82, 2.24) is 0 Å². The fourth-order valence-electron chi connectivity index (χ4n) is 2.08. The van der Waals surface area contributed by atoms with E-state index in [1.165, 1.54) is 26.0 Å². The summed E-state index contributed by atoms with van der Waals surface area (Å²) in [6.45, 7) is 2.85. The van der Waals surface area contributed by atoms with Gasteiger partial charge in [0.2, 0.25) is 5.91 Å². The molecule has 2 rings (SSSR count). The van der Waals surface area contributed by atoms with Gasteiger partial charge in [-0.1, -0.05) is 6.07 Å². The van der Waals surface area contributed by atoms with Gasteiger partial charge in [0.1, 0.15) is 0 Å². The number of carbonyl (C=O) groups is 3. The minimum Gasteiger partial charge on any atom is -0.449 e. The number of anilines is 2. The fourth-order valence-corrected chi connectivity index (χ4v) is 2.08. The highest BCUT2D eigenvalue weighted by Crippen LogP contribution is 2.14. The molecule has 0 unspecified atom stereocenters. The van der Waals surface area contributed by atoms with Crippen molar-refractivity contribution in [3.05, 3.63) is 59.7 Å². The lowest BCUT2D eigenvalue weighted by molar-refractivity contribution is -0.123. The minimum atomic E-state index is -1.02. The number of hydrogen-bond acceptors (Lipinski definition) is 5. The quantitative estimate of drug-likeness (QED) is 0.805. The monoisotopic (exact) mass is 351 g/mol. The van der Waals surface area contributed by atoms with Crippen LogP contribution in [0.15, 0.2) is 48.5 Å². The molecule has 7 nitrogen and oxygen atoms in total. The van der Waals surface area contributed by atoms with E-state index in [4.69, 9.17) is 10.00 Å². The number of nitrogens with zero attached hydrogens (tertiary/aromatic N) is 1. The maximum Gasteiger partial charge on any atom is 0.338 e. The van der Waals surface area contributed by atoms with Crippen LogP contribution in [0.5, 0.6) is 0 Å². The van der Waals surface area contributed by atoms with Crippen LogP contribution in [0.2, 0.25) is 0 Å². The standard InChI is InChI=1S/C19H17N3O4/c1-12(26-19(25)15-5-3-4-14(10-15)11-20)18(24)22-17-8-6-16(7-9-17)21-13(2)23/h3-10,12H,1-2H3,(H,21,23)(H,22,24)/t12-/m0/s1. The van der Waals surface area contributed by atoms with Gasteiger partial charge >= 0.3 is 5.97 Å². The van der Waals surface area contributed by atoms with E-state index in [-0.39, 0.29) is 11.5 Å². The second kappa shape index (κ2) is 8.44. The maximum absolute atomic E-state index is 12.2. The number of nitrogens with one attached hydrogen (secondary N) is 2. The van der Waals surface area contributed by atoms with E-state index in [0.717, 1.165) is 0 Å². The average molecular weight is 351 g/mol.